The predicted octanol–water partition coefficient (Wildman–Crippen LogP) is 3.98. The average Bonchev–Trinajstić information content (AvgIpc) is 2.92. The summed E-state index contributed by atoms with van der Waals surface area (Å²) in [6.45, 7) is 1.96. The Morgan fingerprint density at radius 3 is 2.65 bits per heavy atom. The zero-order valence-corrected chi connectivity index (χ0v) is 11.3. The molecule has 20 heavy (non-hydrogen) atoms. The second-order valence-electron chi connectivity index (χ2n) is 4.66. The van der Waals surface area contributed by atoms with Crippen LogP contribution in [0.3, 0.4) is 0 Å². The molecule has 0 aliphatic carbocycles. The largest absolute Gasteiger partial charge is 0.497 e. The molecule has 3 rings (SSSR count). The van der Waals surface area contributed by atoms with Crippen LogP contribution in [0.2, 0.25) is 0 Å². The van der Waals surface area contributed by atoms with Gasteiger partial charge in [0.2, 0.25) is 5.78 Å². The maximum absolute atomic E-state index is 12.4. The van der Waals surface area contributed by atoms with Crippen LogP contribution in [-0.4, -0.2) is 12.9 Å². The highest BCUT2D eigenvalue weighted by Crippen LogP contribution is 2.25. The summed E-state index contributed by atoms with van der Waals surface area (Å²) in [5.41, 5.74) is 2.34. The SMILES string of the molecule is COc1cccc(C(=O)c2cc3cccc(C)c3o2)c1. The summed E-state index contributed by atoms with van der Waals surface area (Å²) in [6.07, 6.45) is 0. The van der Waals surface area contributed by atoms with Gasteiger partial charge in [0.25, 0.3) is 0 Å². The van der Waals surface area contributed by atoms with Crippen molar-refractivity contribution in [1.29, 1.82) is 0 Å². The summed E-state index contributed by atoms with van der Waals surface area (Å²) >= 11 is 0. The molecule has 3 nitrogen and oxygen atoms in total. The molecule has 0 aliphatic heterocycles. The Morgan fingerprint density at radius 2 is 1.90 bits per heavy atom. The van der Waals surface area contributed by atoms with Crippen LogP contribution in [0.4, 0.5) is 0 Å². The molecule has 0 bridgehead atoms. The molecule has 3 aromatic rings. The van der Waals surface area contributed by atoms with E-state index >= 15 is 0 Å². The fourth-order valence-corrected chi connectivity index (χ4v) is 2.23. The molecule has 0 radical (unpaired) electrons. The number of benzene rings is 2. The van der Waals surface area contributed by atoms with Crippen molar-refractivity contribution < 1.29 is 13.9 Å². The second kappa shape index (κ2) is 4.85. The highest BCUT2D eigenvalue weighted by atomic mass is 16.5. The minimum Gasteiger partial charge on any atom is -0.497 e. The smallest absolute Gasteiger partial charge is 0.228 e. The van der Waals surface area contributed by atoms with Gasteiger partial charge in [0, 0.05) is 10.9 Å². The third-order valence-electron chi connectivity index (χ3n) is 3.30. The molecule has 0 saturated carbocycles. The van der Waals surface area contributed by atoms with E-state index in [9.17, 15) is 4.79 Å². The Morgan fingerprint density at radius 1 is 1.10 bits per heavy atom. The number of para-hydroxylation sites is 1. The maximum Gasteiger partial charge on any atom is 0.228 e. The molecule has 0 saturated heterocycles. The normalized spacial score (nSPS) is 10.7. The first-order chi connectivity index (χ1) is 9.69. The number of fused-ring (bicyclic) bond motifs is 1. The Hall–Kier alpha value is -2.55. The van der Waals surface area contributed by atoms with Gasteiger partial charge in [0.15, 0.2) is 5.76 Å². The van der Waals surface area contributed by atoms with Crippen LogP contribution in [0.1, 0.15) is 21.7 Å². The molecule has 100 valence electrons. The number of hydrogen-bond acceptors (Lipinski definition) is 3. The molecule has 0 N–H and O–H groups in total. The van der Waals surface area contributed by atoms with Crippen LogP contribution < -0.4 is 4.74 Å². The van der Waals surface area contributed by atoms with Gasteiger partial charge in [-0.15, -0.1) is 0 Å². The summed E-state index contributed by atoms with van der Waals surface area (Å²) in [7, 11) is 1.58. The summed E-state index contributed by atoms with van der Waals surface area (Å²) in [5.74, 6) is 0.866. The van der Waals surface area contributed by atoms with Gasteiger partial charge in [-0.1, -0.05) is 30.3 Å². The van der Waals surface area contributed by atoms with E-state index in [-0.39, 0.29) is 5.78 Å². The number of hydrogen-bond donors (Lipinski definition) is 0. The first-order valence-corrected chi connectivity index (χ1v) is 6.37. The molecule has 0 amide bonds. The van der Waals surface area contributed by atoms with E-state index in [1.807, 2.05) is 25.1 Å². The van der Waals surface area contributed by atoms with Gasteiger partial charge in [-0.3, -0.25) is 4.79 Å². The minimum atomic E-state index is -0.139. The topological polar surface area (TPSA) is 39.4 Å². The van der Waals surface area contributed by atoms with E-state index in [4.69, 9.17) is 9.15 Å². The van der Waals surface area contributed by atoms with Gasteiger partial charge in [-0.2, -0.15) is 0 Å². The Labute approximate surface area is 116 Å². The number of ether oxygens (including phenoxy) is 1. The third-order valence-corrected chi connectivity index (χ3v) is 3.30. The number of methoxy groups -OCH3 is 1. The lowest BCUT2D eigenvalue weighted by atomic mass is 10.1. The third kappa shape index (κ3) is 2.07. The van der Waals surface area contributed by atoms with Crippen LogP contribution in [0.25, 0.3) is 11.0 Å². The van der Waals surface area contributed by atoms with Gasteiger partial charge in [0.1, 0.15) is 11.3 Å². The van der Waals surface area contributed by atoms with Crippen LogP contribution in [0.5, 0.6) is 5.75 Å². The lowest BCUT2D eigenvalue weighted by Gasteiger charge is -2.01. The van der Waals surface area contributed by atoms with Gasteiger partial charge >= 0.3 is 0 Å². The second-order valence-corrected chi connectivity index (χ2v) is 4.66. The number of ketones is 1. The van der Waals surface area contributed by atoms with Crippen molar-refractivity contribution >= 4 is 16.8 Å². The molecule has 2 aromatic carbocycles. The van der Waals surface area contributed by atoms with Crippen molar-refractivity contribution in [3.05, 3.63) is 65.4 Å². The maximum atomic E-state index is 12.4. The predicted molar refractivity (Wildman–Crippen MR) is 77.4 cm³/mol. The van der Waals surface area contributed by atoms with Crippen LogP contribution in [0.15, 0.2) is 52.9 Å². The first kappa shape index (κ1) is 12.5. The van der Waals surface area contributed by atoms with Gasteiger partial charge in [0.05, 0.1) is 7.11 Å². The fourth-order valence-electron chi connectivity index (χ4n) is 2.23. The molecule has 0 fully saturated rings. The van der Waals surface area contributed by atoms with Crippen LogP contribution >= 0.6 is 0 Å². The number of carbonyl (C=O) groups excluding carboxylic acids is 1. The first-order valence-electron chi connectivity index (χ1n) is 6.37. The van der Waals surface area contributed by atoms with E-state index in [2.05, 4.69) is 0 Å². The lowest BCUT2D eigenvalue weighted by Crippen LogP contribution is -1.99. The quantitative estimate of drug-likeness (QED) is 0.673. The van der Waals surface area contributed by atoms with E-state index in [1.54, 1.807) is 37.4 Å². The number of aryl methyl sites for hydroxylation is 1. The van der Waals surface area contributed by atoms with Crippen LogP contribution in [-0.2, 0) is 0 Å². The van der Waals surface area contributed by atoms with E-state index < -0.39 is 0 Å². The molecule has 3 heteroatoms. The highest BCUT2D eigenvalue weighted by molar-refractivity contribution is 6.09. The zero-order chi connectivity index (χ0) is 14.1. The van der Waals surface area contributed by atoms with E-state index in [1.165, 1.54) is 0 Å². The summed E-state index contributed by atoms with van der Waals surface area (Å²) in [5, 5.41) is 0.941. The Balaban J connectivity index is 2.05. The molecular weight excluding hydrogens is 252 g/mol. The van der Waals surface area contributed by atoms with Crippen molar-refractivity contribution in [2.75, 3.05) is 7.11 Å². The summed E-state index contributed by atoms with van der Waals surface area (Å²) in [6, 6.07) is 14.7. The van der Waals surface area contributed by atoms with E-state index in [0.717, 1.165) is 16.5 Å². The van der Waals surface area contributed by atoms with Gasteiger partial charge < -0.3 is 9.15 Å². The Kier molecular flexibility index (Phi) is 3.03. The van der Waals surface area contributed by atoms with Gasteiger partial charge in [-0.25, -0.2) is 0 Å². The minimum absolute atomic E-state index is 0.139. The average molecular weight is 266 g/mol. The molecule has 1 aromatic heterocycles. The summed E-state index contributed by atoms with van der Waals surface area (Å²) in [4.78, 5) is 12.4. The molecule has 0 atom stereocenters. The van der Waals surface area contributed by atoms with Crippen molar-refractivity contribution in [2.45, 2.75) is 6.92 Å². The zero-order valence-electron chi connectivity index (χ0n) is 11.3. The molecule has 1 heterocycles. The monoisotopic (exact) mass is 266 g/mol. The van der Waals surface area contributed by atoms with Crippen molar-refractivity contribution in [2.24, 2.45) is 0 Å². The molecule has 0 aliphatic rings. The molecule has 0 spiro atoms. The van der Waals surface area contributed by atoms with Crippen molar-refractivity contribution in [1.82, 2.24) is 0 Å². The number of furan rings is 1. The van der Waals surface area contributed by atoms with Crippen LogP contribution in [0, 0.1) is 6.92 Å². The van der Waals surface area contributed by atoms with Gasteiger partial charge in [-0.05, 0) is 30.7 Å². The lowest BCUT2D eigenvalue weighted by molar-refractivity contribution is 0.101. The van der Waals surface area contributed by atoms with Crippen molar-refractivity contribution in [3.63, 3.8) is 0 Å². The summed E-state index contributed by atoms with van der Waals surface area (Å²) < 4.78 is 10.8. The standard InChI is InChI=1S/C17H14O3/c1-11-5-3-7-13-10-15(20-17(11)13)16(18)12-6-4-8-14(9-12)19-2/h3-10H,1-2H3. The Bertz CT molecular complexity index is 784. The number of rotatable bonds is 3. The molecule has 0 unspecified atom stereocenters. The number of carbonyl (C=O) groups is 1. The van der Waals surface area contributed by atoms with E-state index in [0.29, 0.717) is 17.1 Å². The highest BCUT2D eigenvalue weighted by Gasteiger charge is 2.15. The fraction of sp³-hybridized carbons (Fsp3) is 0.118. The van der Waals surface area contributed by atoms with Crippen molar-refractivity contribution in [3.8, 4) is 5.75 Å². The molecular formula is C17H14O3.